The Morgan fingerprint density at radius 3 is 2.45 bits per heavy atom. The van der Waals surface area contributed by atoms with Crippen LogP contribution in [-0.4, -0.2) is 24.9 Å². The third kappa shape index (κ3) is 2.85. The lowest BCUT2D eigenvalue weighted by Gasteiger charge is -2.19. The third-order valence-electron chi connectivity index (χ3n) is 3.67. The summed E-state index contributed by atoms with van der Waals surface area (Å²) in [4.78, 5) is 3.65. The molecule has 0 bridgehead atoms. The zero-order valence-corrected chi connectivity index (χ0v) is 13.5. The molecule has 0 unspecified atom stereocenters. The van der Waals surface area contributed by atoms with Crippen LogP contribution >= 0.6 is 0 Å². The maximum atomic E-state index is 13.1. The molecule has 0 saturated heterocycles. The first-order chi connectivity index (χ1) is 10.7. The predicted octanol–water partition coefficient (Wildman–Crippen LogP) is 3.52. The molecule has 114 valence electrons. The lowest BCUT2D eigenvalue weighted by Crippen LogP contribution is -2.13. The Hall–Kier alpha value is -1.91. The molecule has 2 atom stereocenters. The van der Waals surface area contributed by atoms with Crippen LogP contribution in [0.5, 0.6) is 0 Å². The highest BCUT2D eigenvalue weighted by atomic mass is 32.2. The Kier molecular flexibility index (Phi) is 4.41. The largest absolute Gasteiger partial charge is 0.377 e. The predicted molar refractivity (Wildman–Crippen MR) is 90.4 cm³/mol. The van der Waals surface area contributed by atoms with E-state index in [1.807, 2.05) is 79.7 Å². The molecule has 0 N–H and O–H groups in total. The molecule has 0 fully saturated rings. The average molecular weight is 313 g/mol. The summed E-state index contributed by atoms with van der Waals surface area (Å²) in [6, 6.07) is 17.8. The van der Waals surface area contributed by atoms with Crippen molar-refractivity contribution >= 4 is 16.5 Å². The summed E-state index contributed by atoms with van der Waals surface area (Å²) in [5, 5.41) is 0. The molecule has 1 heterocycles. The number of nitrogens with zero attached hydrogens (tertiary/aromatic N) is 1. The van der Waals surface area contributed by atoms with E-state index >= 15 is 0 Å². The molecule has 3 rings (SSSR count). The van der Waals surface area contributed by atoms with Gasteiger partial charge in [0.15, 0.2) is 0 Å². The Labute approximate surface area is 133 Å². The Balaban J connectivity index is 1.96. The van der Waals surface area contributed by atoms with Crippen LogP contribution in [0.3, 0.4) is 0 Å². The van der Waals surface area contributed by atoms with Gasteiger partial charge >= 0.3 is 0 Å². The van der Waals surface area contributed by atoms with Crippen molar-refractivity contribution in [2.24, 2.45) is 0 Å². The van der Waals surface area contributed by atoms with Gasteiger partial charge in [-0.3, -0.25) is 0 Å². The van der Waals surface area contributed by atoms with Crippen molar-refractivity contribution in [3.05, 3.63) is 71.1 Å². The van der Waals surface area contributed by atoms with Crippen molar-refractivity contribution in [3.63, 3.8) is 0 Å². The highest BCUT2D eigenvalue weighted by Crippen LogP contribution is 2.36. The molecule has 2 aromatic rings. The highest BCUT2D eigenvalue weighted by Gasteiger charge is 2.28. The minimum absolute atomic E-state index is 0.225. The number of benzene rings is 2. The van der Waals surface area contributed by atoms with Gasteiger partial charge in [-0.15, -0.1) is 0 Å². The van der Waals surface area contributed by atoms with Gasteiger partial charge in [0, 0.05) is 14.1 Å². The van der Waals surface area contributed by atoms with Gasteiger partial charge in [0.2, 0.25) is 0 Å². The topological polar surface area (TPSA) is 29.5 Å². The Morgan fingerprint density at radius 1 is 1.05 bits per heavy atom. The molecular formula is C18H19NO2S. The van der Waals surface area contributed by atoms with E-state index in [1.54, 1.807) is 0 Å². The van der Waals surface area contributed by atoms with E-state index in [0.717, 1.165) is 21.1 Å². The molecule has 3 nitrogen and oxygen atoms in total. The van der Waals surface area contributed by atoms with Crippen LogP contribution in [0.15, 0.2) is 70.5 Å². The second kappa shape index (κ2) is 6.46. The molecule has 4 heteroatoms. The number of hydrogen-bond acceptors (Lipinski definition) is 3. The van der Waals surface area contributed by atoms with Crippen molar-refractivity contribution in [1.82, 2.24) is 0 Å². The quantitative estimate of drug-likeness (QED) is 0.865. The summed E-state index contributed by atoms with van der Waals surface area (Å²) in [6.07, 6.45) is 1.72. The summed E-state index contributed by atoms with van der Waals surface area (Å²) in [7, 11) is 2.70. The summed E-state index contributed by atoms with van der Waals surface area (Å²) in [6.45, 7) is 0.505. The average Bonchev–Trinajstić information content (AvgIpc) is 3.04. The van der Waals surface area contributed by atoms with Gasteiger partial charge in [-0.25, -0.2) is 4.21 Å². The fourth-order valence-electron chi connectivity index (χ4n) is 2.59. The first kappa shape index (κ1) is 15.0. The number of rotatable bonds is 4. The SMILES string of the molecule is CN(C)c1ccccc1[S@@](=O)C1=CCO[C@H]1c1ccccc1. The van der Waals surface area contributed by atoms with Gasteiger partial charge in [-0.2, -0.15) is 0 Å². The Morgan fingerprint density at radius 2 is 1.73 bits per heavy atom. The van der Waals surface area contributed by atoms with Crippen molar-refractivity contribution in [2.45, 2.75) is 11.0 Å². The van der Waals surface area contributed by atoms with Gasteiger partial charge in [0.05, 0.1) is 32.9 Å². The minimum Gasteiger partial charge on any atom is -0.377 e. The van der Waals surface area contributed by atoms with Crippen LogP contribution in [0, 0.1) is 0 Å². The van der Waals surface area contributed by atoms with E-state index in [9.17, 15) is 4.21 Å². The van der Waals surface area contributed by atoms with Gasteiger partial charge in [-0.05, 0) is 23.8 Å². The van der Waals surface area contributed by atoms with Crippen molar-refractivity contribution in [3.8, 4) is 0 Å². The number of ether oxygens (including phenoxy) is 1. The second-order valence-corrected chi connectivity index (χ2v) is 6.81. The smallest absolute Gasteiger partial charge is 0.116 e. The molecule has 1 aliphatic heterocycles. The van der Waals surface area contributed by atoms with Crippen LogP contribution in [-0.2, 0) is 15.5 Å². The van der Waals surface area contributed by atoms with Crippen LogP contribution < -0.4 is 4.90 Å². The summed E-state index contributed by atoms with van der Waals surface area (Å²) < 4.78 is 18.9. The van der Waals surface area contributed by atoms with Crippen molar-refractivity contribution < 1.29 is 8.95 Å². The highest BCUT2D eigenvalue weighted by molar-refractivity contribution is 7.89. The number of para-hydroxylation sites is 1. The van der Waals surface area contributed by atoms with Crippen molar-refractivity contribution in [2.75, 3.05) is 25.6 Å². The van der Waals surface area contributed by atoms with E-state index in [-0.39, 0.29) is 6.10 Å². The van der Waals surface area contributed by atoms with Gasteiger partial charge in [-0.1, -0.05) is 42.5 Å². The second-order valence-electron chi connectivity index (χ2n) is 5.36. The standard InChI is InChI=1S/C18H19NO2S/c1-19(2)15-10-6-7-11-16(15)22(20)17-12-13-21-18(17)14-8-4-3-5-9-14/h3-12,18H,13H2,1-2H3/t18-,22+/m0/s1. The van der Waals surface area contributed by atoms with E-state index in [0.29, 0.717) is 6.61 Å². The van der Waals surface area contributed by atoms with Crippen molar-refractivity contribution in [1.29, 1.82) is 0 Å². The monoisotopic (exact) mass is 313 g/mol. The maximum Gasteiger partial charge on any atom is 0.116 e. The van der Waals surface area contributed by atoms with E-state index < -0.39 is 10.8 Å². The maximum absolute atomic E-state index is 13.1. The van der Waals surface area contributed by atoms with Gasteiger partial charge in [0.1, 0.15) is 6.10 Å². The summed E-state index contributed by atoms with van der Waals surface area (Å²) >= 11 is 0. The summed E-state index contributed by atoms with van der Waals surface area (Å²) in [5.74, 6) is 0. The normalized spacial score (nSPS) is 18.8. The Bertz CT molecular complexity index is 710. The molecule has 0 amide bonds. The third-order valence-corrected chi connectivity index (χ3v) is 5.22. The molecule has 1 aliphatic rings. The van der Waals surface area contributed by atoms with Gasteiger partial charge < -0.3 is 9.64 Å². The van der Waals surface area contributed by atoms with Crippen LogP contribution in [0.25, 0.3) is 0 Å². The van der Waals surface area contributed by atoms with Crippen LogP contribution in [0.4, 0.5) is 5.69 Å². The van der Waals surface area contributed by atoms with E-state index in [4.69, 9.17) is 4.74 Å². The van der Waals surface area contributed by atoms with E-state index in [2.05, 4.69) is 0 Å². The molecule has 2 aromatic carbocycles. The fourth-order valence-corrected chi connectivity index (χ4v) is 4.10. The lowest BCUT2D eigenvalue weighted by molar-refractivity contribution is 0.127. The molecule has 0 aliphatic carbocycles. The molecule has 0 saturated carbocycles. The van der Waals surface area contributed by atoms with E-state index in [1.165, 1.54) is 0 Å². The molecular weight excluding hydrogens is 294 g/mol. The minimum atomic E-state index is -1.23. The molecule has 0 spiro atoms. The molecule has 0 aromatic heterocycles. The first-order valence-corrected chi connectivity index (χ1v) is 8.38. The molecule has 22 heavy (non-hydrogen) atoms. The first-order valence-electron chi connectivity index (χ1n) is 7.23. The fraction of sp³-hybridized carbons (Fsp3) is 0.222. The van der Waals surface area contributed by atoms with Gasteiger partial charge in [0.25, 0.3) is 0 Å². The zero-order valence-electron chi connectivity index (χ0n) is 12.7. The number of hydrogen-bond donors (Lipinski definition) is 0. The van der Waals surface area contributed by atoms with Crippen LogP contribution in [0.1, 0.15) is 11.7 Å². The van der Waals surface area contributed by atoms with Crippen LogP contribution in [0.2, 0.25) is 0 Å². The number of anilines is 1. The lowest BCUT2D eigenvalue weighted by atomic mass is 10.1. The molecule has 0 radical (unpaired) electrons. The summed E-state index contributed by atoms with van der Waals surface area (Å²) in [5.41, 5.74) is 2.02. The zero-order chi connectivity index (χ0) is 15.5.